The molecular formula is C21H25NO3. The second kappa shape index (κ2) is 8.17. The van der Waals surface area contributed by atoms with Crippen molar-refractivity contribution in [2.75, 3.05) is 20.2 Å². The SMILES string of the molecule is COc1cccc([C@H]2CN(Cc3ccccc3)CC2CCC(=O)O)c1. The van der Waals surface area contributed by atoms with Crippen LogP contribution < -0.4 is 4.74 Å². The third-order valence-corrected chi connectivity index (χ3v) is 5.02. The number of carboxylic acid groups (broad SMARTS) is 1. The maximum Gasteiger partial charge on any atom is 0.303 e. The quantitative estimate of drug-likeness (QED) is 0.834. The zero-order valence-corrected chi connectivity index (χ0v) is 14.6. The van der Waals surface area contributed by atoms with Crippen LogP contribution in [-0.2, 0) is 11.3 Å². The first-order valence-corrected chi connectivity index (χ1v) is 8.77. The van der Waals surface area contributed by atoms with Crippen LogP contribution in [0.3, 0.4) is 0 Å². The van der Waals surface area contributed by atoms with E-state index < -0.39 is 5.97 Å². The Kier molecular flexibility index (Phi) is 5.71. The van der Waals surface area contributed by atoms with E-state index in [0.717, 1.165) is 25.4 Å². The molecule has 1 N–H and O–H groups in total. The summed E-state index contributed by atoms with van der Waals surface area (Å²) >= 11 is 0. The number of rotatable bonds is 7. The van der Waals surface area contributed by atoms with Gasteiger partial charge in [-0.05, 0) is 35.6 Å². The highest BCUT2D eigenvalue weighted by Gasteiger charge is 2.34. The summed E-state index contributed by atoms with van der Waals surface area (Å²) < 4.78 is 5.36. The lowest BCUT2D eigenvalue weighted by molar-refractivity contribution is -0.137. The molecule has 0 saturated carbocycles. The van der Waals surface area contributed by atoms with Gasteiger partial charge in [0, 0.05) is 32.0 Å². The molecule has 0 spiro atoms. The monoisotopic (exact) mass is 339 g/mol. The van der Waals surface area contributed by atoms with Crippen molar-refractivity contribution in [2.24, 2.45) is 5.92 Å². The molecule has 0 amide bonds. The van der Waals surface area contributed by atoms with E-state index in [0.29, 0.717) is 18.3 Å². The van der Waals surface area contributed by atoms with E-state index in [1.165, 1.54) is 11.1 Å². The van der Waals surface area contributed by atoms with Gasteiger partial charge >= 0.3 is 5.97 Å². The number of methoxy groups -OCH3 is 1. The summed E-state index contributed by atoms with van der Waals surface area (Å²) in [5, 5.41) is 9.08. The Hall–Kier alpha value is -2.33. The highest BCUT2D eigenvalue weighted by molar-refractivity contribution is 5.66. The third-order valence-electron chi connectivity index (χ3n) is 5.02. The predicted octanol–water partition coefficient (Wildman–Crippen LogP) is 3.78. The van der Waals surface area contributed by atoms with Gasteiger partial charge in [-0.2, -0.15) is 0 Å². The van der Waals surface area contributed by atoms with Crippen molar-refractivity contribution < 1.29 is 14.6 Å². The van der Waals surface area contributed by atoms with E-state index in [9.17, 15) is 4.79 Å². The van der Waals surface area contributed by atoms with Crippen LogP contribution in [0.15, 0.2) is 54.6 Å². The molecule has 0 bridgehead atoms. The zero-order chi connectivity index (χ0) is 17.6. The number of carbonyl (C=O) groups is 1. The molecule has 0 aliphatic carbocycles. The molecule has 1 fully saturated rings. The van der Waals surface area contributed by atoms with Gasteiger partial charge in [0.15, 0.2) is 0 Å². The minimum Gasteiger partial charge on any atom is -0.497 e. The lowest BCUT2D eigenvalue weighted by Crippen LogP contribution is -2.20. The normalized spacial score (nSPS) is 20.5. The van der Waals surface area contributed by atoms with Crippen molar-refractivity contribution in [1.29, 1.82) is 0 Å². The van der Waals surface area contributed by atoms with Crippen LogP contribution in [0.5, 0.6) is 5.75 Å². The largest absolute Gasteiger partial charge is 0.497 e. The van der Waals surface area contributed by atoms with Crippen molar-refractivity contribution in [3.05, 3.63) is 65.7 Å². The van der Waals surface area contributed by atoms with E-state index in [1.54, 1.807) is 7.11 Å². The van der Waals surface area contributed by atoms with E-state index in [1.807, 2.05) is 18.2 Å². The second-order valence-corrected chi connectivity index (χ2v) is 6.76. The van der Waals surface area contributed by atoms with Gasteiger partial charge in [-0.1, -0.05) is 42.5 Å². The summed E-state index contributed by atoms with van der Waals surface area (Å²) in [7, 11) is 1.68. The molecule has 4 heteroatoms. The molecule has 1 saturated heterocycles. The van der Waals surface area contributed by atoms with Crippen molar-refractivity contribution in [3.8, 4) is 5.75 Å². The lowest BCUT2D eigenvalue weighted by Gasteiger charge is -2.18. The number of aliphatic carboxylic acids is 1. The molecule has 0 aromatic heterocycles. The van der Waals surface area contributed by atoms with Crippen LogP contribution in [0, 0.1) is 5.92 Å². The number of ether oxygens (including phenoxy) is 1. The number of nitrogens with zero attached hydrogens (tertiary/aromatic N) is 1. The van der Waals surface area contributed by atoms with E-state index in [-0.39, 0.29) is 6.42 Å². The number of hydrogen-bond acceptors (Lipinski definition) is 3. The van der Waals surface area contributed by atoms with Gasteiger partial charge in [0.1, 0.15) is 5.75 Å². The van der Waals surface area contributed by atoms with E-state index >= 15 is 0 Å². The molecule has 1 aliphatic heterocycles. The fourth-order valence-corrected chi connectivity index (χ4v) is 3.78. The zero-order valence-electron chi connectivity index (χ0n) is 14.6. The average molecular weight is 339 g/mol. The minimum atomic E-state index is -0.717. The number of benzene rings is 2. The molecule has 3 rings (SSSR count). The molecule has 25 heavy (non-hydrogen) atoms. The van der Waals surface area contributed by atoms with Gasteiger partial charge < -0.3 is 9.84 Å². The van der Waals surface area contributed by atoms with Crippen LogP contribution in [-0.4, -0.2) is 36.2 Å². The average Bonchev–Trinajstić information content (AvgIpc) is 3.03. The fraction of sp³-hybridized carbons (Fsp3) is 0.381. The Morgan fingerprint density at radius 3 is 2.68 bits per heavy atom. The second-order valence-electron chi connectivity index (χ2n) is 6.76. The molecule has 1 heterocycles. The Bertz CT molecular complexity index is 701. The Morgan fingerprint density at radius 2 is 1.96 bits per heavy atom. The van der Waals surface area contributed by atoms with Crippen LogP contribution >= 0.6 is 0 Å². The van der Waals surface area contributed by atoms with Gasteiger partial charge in [-0.25, -0.2) is 0 Å². The summed E-state index contributed by atoms with van der Waals surface area (Å²) in [4.78, 5) is 13.5. The number of likely N-dealkylation sites (tertiary alicyclic amines) is 1. The van der Waals surface area contributed by atoms with Crippen molar-refractivity contribution >= 4 is 5.97 Å². The first-order chi connectivity index (χ1) is 12.2. The maximum atomic E-state index is 11.0. The topological polar surface area (TPSA) is 49.8 Å². The van der Waals surface area contributed by atoms with E-state index in [4.69, 9.17) is 9.84 Å². The molecule has 1 unspecified atom stereocenters. The Morgan fingerprint density at radius 1 is 1.16 bits per heavy atom. The summed E-state index contributed by atoms with van der Waals surface area (Å²) in [6.07, 6.45) is 0.937. The predicted molar refractivity (Wildman–Crippen MR) is 97.8 cm³/mol. The molecule has 0 radical (unpaired) electrons. The summed E-state index contributed by atoms with van der Waals surface area (Å²) in [5.41, 5.74) is 2.54. The molecular weight excluding hydrogens is 314 g/mol. The summed E-state index contributed by atoms with van der Waals surface area (Å²) in [6.45, 7) is 2.79. The van der Waals surface area contributed by atoms with Crippen molar-refractivity contribution in [1.82, 2.24) is 4.90 Å². The van der Waals surface area contributed by atoms with Crippen molar-refractivity contribution in [3.63, 3.8) is 0 Å². The lowest BCUT2D eigenvalue weighted by atomic mass is 9.86. The molecule has 2 aromatic rings. The van der Waals surface area contributed by atoms with Gasteiger partial charge in [0.25, 0.3) is 0 Å². The van der Waals surface area contributed by atoms with Crippen LogP contribution in [0.1, 0.15) is 29.9 Å². The molecule has 1 aliphatic rings. The minimum absolute atomic E-state index is 0.227. The first-order valence-electron chi connectivity index (χ1n) is 8.77. The van der Waals surface area contributed by atoms with Crippen molar-refractivity contribution in [2.45, 2.75) is 25.3 Å². The smallest absolute Gasteiger partial charge is 0.303 e. The highest BCUT2D eigenvalue weighted by atomic mass is 16.5. The Balaban J connectivity index is 1.76. The Labute approximate surface area is 149 Å². The molecule has 2 aromatic carbocycles. The molecule has 4 nitrogen and oxygen atoms in total. The fourth-order valence-electron chi connectivity index (χ4n) is 3.78. The van der Waals surface area contributed by atoms with Crippen LogP contribution in [0.4, 0.5) is 0 Å². The van der Waals surface area contributed by atoms with Gasteiger partial charge in [0.05, 0.1) is 7.11 Å². The van der Waals surface area contributed by atoms with Crippen LogP contribution in [0.2, 0.25) is 0 Å². The van der Waals surface area contributed by atoms with Gasteiger partial charge in [-0.15, -0.1) is 0 Å². The first kappa shape index (κ1) is 17.5. The van der Waals surface area contributed by atoms with Gasteiger partial charge in [-0.3, -0.25) is 9.69 Å². The highest BCUT2D eigenvalue weighted by Crippen LogP contribution is 2.37. The standard InChI is InChI=1S/C21H25NO3/c1-25-19-9-5-8-17(12-19)20-15-22(13-16-6-3-2-4-7-16)14-18(20)10-11-21(23)24/h2-9,12,18,20H,10-11,13-15H2,1H3,(H,23,24)/t18?,20-/m1/s1. The summed E-state index contributed by atoms with van der Waals surface area (Å²) in [5.74, 6) is 0.840. The summed E-state index contributed by atoms with van der Waals surface area (Å²) in [6, 6.07) is 18.6. The number of carboxylic acids is 1. The van der Waals surface area contributed by atoms with Gasteiger partial charge in [0.2, 0.25) is 0 Å². The van der Waals surface area contributed by atoms with Crippen LogP contribution in [0.25, 0.3) is 0 Å². The number of hydrogen-bond donors (Lipinski definition) is 1. The van der Waals surface area contributed by atoms with E-state index in [2.05, 4.69) is 41.3 Å². The molecule has 2 atom stereocenters. The molecule has 132 valence electrons. The maximum absolute atomic E-state index is 11.0. The third kappa shape index (κ3) is 4.60.